The molecule has 1 atom stereocenters. The molecule has 0 heterocycles. The molecule has 0 aliphatic heterocycles. The molecule has 1 aromatic carbocycles. The molecule has 1 aliphatic rings. The van der Waals surface area contributed by atoms with Gasteiger partial charge in [0.05, 0.1) is 10.0 Å². The Balaban J connectivity index is 2.37. The van der Waals surface area contributed by atoms with E-state index in [1.165, 1.54) is 24.8 Å². The number of hydrogen-bond acceptors (Lipinski definition) is 1. The van der Waals surface area contributed by atoms with Gasteiger partial charge >= 0.3 is 0 Å². The van der Waals surface area contributed by atoms with Crippen molar-refractivity contribution in [3.05, 3.63) is 33.8 Å². The Morgan fingerprint density at radius 2 is 2.00 bits per heavy atom. The van der Waals surface area contributed by atoms with Gasteiger partial charge in [-0.1, -0.05) is 42.6 Å². The van der Waals surface area contributed by atoms with E-state index in [0.29, 0.717) is 10.0 Å². The van der Waals surface area contributed by atoms with Crippen molar-refractivity contribution in [3.63, 3.8) is 0 Å². The summed E-state index contributed by atoms with van der Waals surface area (Å²) in [7, 11) is 0. The van der Waals surface area contributed by atoms with Crippen LogP contribution >= 0.6 is 23.2 Å². The van der Waals surface area contributed by atoms with Crippen LogP contribution in [0.2, 0.25) is 10.0 Å². The Morgan fingerprint density at radius 1 is 1.31 bits per heavy atom. The molecule has 1 aromatic rings. The van der Waals surface area contributed by atoms with Crippen molar-refractivity contribution >= 4 is 23.2 Å². The van der Waals surface area contributed by atoms with Crippen LogP contribution in [-0.4, -0.2) is 6.04 Å². The third-order valence-corrected chi connectivity index (χ3v) is 4.63. The average Bonchev–Trinajstić information content (AvgIpc) is 2.21. The predicted octanol–water partition coefficient (Wildman–Crippen LogP) is 4.15. The largest absolute Gasteiger partial charge is 0.327 e. The lowest BCUT2D eigenvalue weighted by atomic mass is 9.60. The molecule has 3 heteroatoms. The Bertz CT molecular complexity index is 386. The van der Waals surface area contributed by atoms with Gasteiger partial charge < -0.3 is 5.73 Å². The second-order valence-corrected chi connectivity index (χ2v) is 5.47. The summed E-state index contributed by atoms with van der Waals surface area (Å²) in [4.78, 5) is 0. The molecule has 2 N–H and O–H groups in total. The van der Waals surface area contributed by atoms with Gasteiger partial charge in [-0.3, -0.25) is 0 Å². The number of benzene rings is 1. The first-order valence-corrected chi connectivity index (χ1v) is 6.57. The standard InChI is InChI=1S/C13H17Cl2N/c1-2-12(16)13(6-3-7-13)9-4-5-10(14)11(15)8-9/h4-5,8,12H,2-3,6-7,16H2,1H3. The molecule has 1 saturated carbocycles. The Morgan fingerprint density at radius 3 is 2.44 bits per heavy atom. The normalized spacial score (nSPS) is 20.2. The fourth-order valence-electron chi connectivity index (χ4n) is 2.63. The lowest BCUT2D eigenvalue weighted by Crippen LogP contribution is -2.50. The van der Waals surface area contributed by atoms with Crippen molar-refractivity contribution in [1.82, 2.24) is 0 Å². The molecule has 16 heavy (non-hydrogen) atoms. The quantitative estimate of drug-likeness (QED) is 0.865. The second-order valence-electron chi connectivity index (χ2n) is 4.65. The van der Waals surface area contributed by atoms with Crippen LogP contribution in [0.15, 0.2) is 18.2 Å². The molecule has 0 spiro atoms. The lowest BCUT2D eigenvalue weighted by molar-refractivity contribution is 0.192. The maximum Gasteiger partial charge on any atom is 0.0595 e. The van der Waals surface area contributed by atoms with Crippen LogP contribution in [0.3, 0.4) is 0 Å². The van der Waals surface area contributed by atoms with E-state index in [-0.39, 0.29) is 11.5 Å². The summed E-state index contributed by atoms with van der Waals surface area (Å²) in [6, 6.07) is 6.15. The molecule has 1 aliphatic carbocycles. The first kappa shape index (κ1) is 12.2. The van der Waals surface area contributed by atoms with Crippen molar-refractivity contribution in [1.29, 1.82) is 0 Å². The summed E-state index contributed by atoms with van der Waals surface area (Å²) in [6.45, 7) is 2.14. The van der Waals surface area contributed by atoms with Gasteiger partial charge in [0.1, 0.15) is 0 Å². The summed E-state index contributed by atoms with van der Waals surface area (Å²) in [6.07, 6.45) is 4.59. The van der Waals surface area contributed by atoms with Gasteiger partial charge in [-0.05, 0) is 37.0 Å². The highest BCUT2D eigenvalue weighted by Gasteiger charge is 2.43. The van der Waals surface area contributed by atoms with Crippen LogP contribution in [-0.2, 0) is 5.41 Å². The minimum absolute atomic E-state index is 0.142. The van der Waals surface area contributed by atoms with Gasteiger partial charge in [0.15, 0.2) is 0 Å². The zero-order valence-electron chi connectivity index (χ0n) is 9.47. The van der Waals surface area contributed by atoms with E-state index in [1.807, 2.05) is 12.1 Å². The maximum atomic E-state index is 6.26. The van der Waals surface area contributed by atoms with Crippen LogP contribution in [0.4, 0.5) is 0 Å². The lowest BCUT2D eigenvalue weighted by Gasteiger charge is -2.47. The van der Waals surface area contributed by atoms with Crippen LogP contribution in [0.1, 0.15) is 38.2 Å². The number of rotatable bonds is 3. The predicted molar refractivity (Wildman–Crippen MR) is 70.3 cm³/mol. The summed E-state index contributed by atoms with van der Waals surface area (Å²) >= 11 is 12.0. The molecule has 0 aromatic heterocycles. The van der Waals surface area contributed by atoms with Crippen molar-refractivity contribution in [2.45, 2.75) is 44.1 Å². The smallest absolute Gasteiger partial charge is 0.0595 e. The first-order valence-electron chi connectivity index (χ1n) is 5.81. The molecule has 0 saturated heterocycles. The number of hydrogen-bond donors (Lipinski definition) is 1. The fraction of sp³-hybridized carbons (Fsp3) is 0.538. The summed E-state index contributed by atoms with van der Waals surface area (Å²) in [5, 5.41) is 1.25. The SMILES string of the molecule is CCC(N)C1(c2ccc(Cl)c(Cl)c2)CCC1. The minimum atomic E-state index is 0.142. The van der Waals surface area contributed by atoms with Crippen molar-refractivity contribution in [3.8, 4) is 0 Å². The van der Waals surface area contributed by atoms with Crippen molar-refractivity contribution < 1.29 is 0 Å². The van der Waals surface area contributed by atoms with E-state index in [4.69, 9.17) is 28.9 Å². The van der Waals surface area contributed by atoms with E-state index < -0.39 is 0 Å². The zero-order chi connectivity index (χ0) is 11.8. The summed E-state index contributed by atoms with van der Waals surface area (Å²) in [5.74, 6) is 0. The van der Waals surface area contributed by atoms with Crippen LogP contribution in [0.5, 0.6) is 0 Å². The highest BCUT2D eigenvalue weighted by Crippen LogP contribution is 2.47. The topological polar surface area (TPSA) is 26.0 Å². The van der Waals surface area contributed by atoms with E-state index in [0.717, 1.165) is 6.42 Å². The summed E-state index contributed by atoms with van der Waals surface area (Å²) < 4.78 is 0. The maximum absolute atomic E-state index is 6.26. The van der Waals surface area contributed by atoms with Crippen molar-refractivity contribution in [2.75, 3.05) is 0 Å². The molecule has 1 fully saturated rings. The molecule has 1 nitrogen and oxygen atoms in total. The third-order valence-electron chi connectivity index (χ3n) is 3.89. The fourth-order valence-corrected chi connectivity index (χ4v) is 2.93. The van der Waals surface area contributed by atoms with Gasteiger partial charge in [-0.2, -0.15) is 0 Å². The minimum Gasteiger partial charge on any atom is -0.327 e. The zero-order valence-corrected chi connectivity index (χ0v) is 11.0. The summed E-state index contributed by atoms with van der Waals surface area (Å²) in [5.41, 5.74) is 7.65. The Labute approximate surface area is 107 Å². The molecular formula is C13H17Cl2N. The van der Waals surface area contributed by atoms with Gasteiger partial charge in [0.2, 0.25) is 0 Å². The molecule has 0 amide bonds. The van der Waals surface area contributed by atoms with Crippen LogP contribution in [0, 0.1) is 0 Å². The molecule has 88 valence electrons. The highest BCUT2D eigenvalue weighted by molar-refractivity contribution is 6.42. The number of nitrogens with two attached hydrogens (primary N) is 1. The first-order chi connectivity index (χ1) is 7.60. The Hall–Kier alpha value is -0.240. The van der Waals surface area contributed by atoms with Gasteiger partial charge in [0, 0.05) is 11.5 Å². The van der Waals surface area contributed by atoms with Gasteiger partial charge in [-0.15, -0.1) is 0 Å². The Kier molecular flexibility index (Phi) is 3.48. The molecule has 2 rings (SSSR count). The van der Waals surface area contributed by atoms with Crippen LogP contribution < -0.4 is 5.73 Å². The molecule has 1 unspecified atom stereocenters. The van der Waals surface area contributed by atoms with Gasteiger partial charge in [-0.25, -0.2) is 0 Å². The van der Waals surface area contributed by atoms with E-state index in [2.05, 4.69) is 13.0 Å². The molecule has 0 radical (unpaired) electrons. The molecule has 0 bridgehead atoms. The van der Waals surface area contributed by atoms with E-state index >= 15 is 0 Å². The van der Waals surface area contributed by atoms with E-state index in [1.54, 1.807) is 0 Å². The van der Waals surface area contributed by atoms with E-state index in [9.17, 15) is 0 Å². The second kappa shape index (κ2) is 4.56. The molecular weight excluding hydrogens is 241 g/mol. The monoisotopic (exact) mass is 257 g/mol. The highest BCUT2D eigenvalue weighted by atomic mass is 35.5. The number of halogens is 2. The van der Waals surface area contributed by atoms with Crippen molar-refractivity contribution in [2.24, 2.45) is 5.73 Å². The average molecular weight is 258 g/mol. The third kappa shape index (κ3) is 1.85. The van der Waals surface area contributed by atoms with Crippen LogP contribution in [0.25, 0.3) is 0 Å². The van der Waals surface area contributed by atoms with Gasteiger partial charge in [0.25, 0.3) is 0 Å².